The summed E-state index contributed by atoms with van der Waals surface area (Å²) >= 11 is 0. The summed E-state index contributed by atoms with van der Waals surface area (Å²) in [6.45, 7) is 2.71. The molecule has 5 heteroatoms. The summed E-state index contributed by atoms with van der Waals surface area (Å²) in [7, 11) is 0. The van der Waals surface area contributed by atoms with Gasteiger partial charge in [-0.25, -0.2) is 0 Å². The Hall–Kier alpha value is -0.460. The van der Waals surface area contributed by atoms with Crippen LogP contribution in [0.3, 0.4) is 0 Å². The van der Waals surface area contributed by atoms with Crippen molar-refractivity contribution in [2.24, 2.45) is 0 Å². The molecule has 0 spiro atoms. The molecule has 1 aliphatic heterocycles. The molecule has 3 N–H and O–H groups in total. The Morgan fingerprint density at radius 3 is 2.00 bits per heavy atom. The summed E-state index contributed by atoms with van der Waals surface area (Å²) in [6.07, 6.45) is 17.9. The highest BCUT2D eigenvalue weighted by Gasteiger charge is 2.38. The van der Waals surface area contributed by atoms with Gasteiger partial charge in [0.25, 0.3) is 0 Å². The molecule has 0 aromatic carbocycles. The molecule has 0 aliphatic carbocycles. The van der Waals surface area contributed by atoms with Crippen LogP contribution in [-0.2, 0) is 9.47 Å². The maximum Gasteiger partial charge on any atom is 0.111 e. The Morgan fingerprint density at radius 1 is 0.821 bits per heavy atom. The fraction of sp³-hybridized carbons (Fsp3) is 0.913. The minimum Gasteiger partial charge on any atom is -0.394 e. The Kier molecular flexibility index (Phi) is 15.9. The number of allylic oxidation sites excluding steroid dienone is 2. The third-order valence-electron chi connectivity index (χ3n) is 5.50. The third kappa shape index (κ3) is 11.5. The zero-order chi connectivity index (χ0) is 20.5. The molecule has 0 radical (unpaired) electrons. The first-order chi connectivity index (χ1) is 13.7. The molecule has 0 saturated carbocycles. The molecule has 166 valence electrons. The van der Waals surface area contributed by atoms with Gasteiger partial charge in [-0.1, -0.05) is 76.9 Å². The first kappa shape index (κ1) is 25.6. The van der Waals surface area contributed by atoms with E-state index in [1.807, 2.05) is 0 Å². The third-order valence-corrected chi connectivity index (χ3v) is 5.50. The minimum absolute atomic E-state index is 0.206. The van der Waals surface area contributed by atoms with E-state index in [-0.39, 0.29) is 13.2 Å². The minimum atomic E-state index is -1.09. The molecule has 5 nitrogen and oxygen atoms in total. The van der Waals surface area contributed by atoms with E-state index in [2.05, 4.69) is 19.1 Å². The summed E-state index contributed by atoms with van der Waals surface area (Å²) < 4.78 is 10.9. The number of hydrogen-bond donors (Lipinski definition) is 3. The van der Waals surface area contributed by atoms with E-state index >= 15 is 0 Å². The molecule has 1 rings (SSSR count). The van der Waals surface area contributed by atoms with Crippen molar-refractivity contribution in [2.75, 3.05) is 19.8 Å². The number of aliphatic hydroxyl groups excluding tert-OH is 3. The first-order valence-corrected chi connectivity index (χ1v) is 11.6. The first-order valence-electron chi connectivity index (χ1n) is 11.6. The van der Waals surface area contributed by atoms with Crippen LogP contribution < -0.4 is 0 Å². The van der Waals surface area contributed by atoms with Crippen molar-refractivity contribution in [1.29, 1.82) is 0 Å². The van der Waals surface area contributed by atoms with Gasteiger partial charge in [0.2, 0.25) is 0 Å². The van der Waals surface area contributed by atoms with Gasteiger partial charge in [0, 0.05) is 6.61 Å². The zero-order valence-corrected chi connectivity index (χ0v) is 17.9. The lowest BCUT2D eigenvalue weighted by molar-refractivity contribution is -0.208. The van der Waals surface area contributed by atoms with Gasteiger partial charge in [-0.2, -0.15) is 0 Å². The average molecular weight is 401 g/mol. The number of hydrogen-bond acceptors (Lipinski definition) is 5. The van der Waals surface area contributed by atoms with E-state index in [9.17, 15) is 10.2 Å². The molecule has 0 amide bonds. The summed E-state index contributed by atoms with van der Waals surface area (Å²) in [5.74, 6) is 0. The van der Waals surface area contributed by atoms with Gasteiger partial charge >= 0.3 is 0 Å². The van der Waals surface area contributed by atoms with Crippen molar-refractivity contribution in [2.45, 2.75) is 115 Å². The molecule has 1 heterocycles. The zero-order valence-electron chi connectivity index (χ0n) is 17.9. The highest BCUT2D eigenvalue weighted by atomic mass is 16.6. The second kappa shape index (κ2) is 17.4. The highest BCUT2D eigenvalue weighted by Crippen LogP contribution is 2.18. The van der Waals surface area contributed by atoms with Crippen molar-refractivity contribution in [3.05, 3.63) is 12.2 Å². The van der Waals surface area contributed by atoms with E-state index < -0.39 is 24.4 Å². The molecule has 0 aromatic heterocycles. The monoisotopic (exact) mass is 400 g/mol. The van der Waals surface area contributed by atoms with Gasteiger partial charge in [0.05, 0.1) is 13.2 Å². The van der Waals surface area contributed by atoms with Gasteiger partial charge < -0.3 is 24.8 Å². The topological polar surface area (TPSA) is 79.2 Å². The van der Waals surface area contributed by atoms with Crippen molar-refractivity contribution in [3.8, 4) is 0 Å². The Morgan fingerprint density at radius 2 is 1.39 bits per heavy atom. The smallest absolute Gasteiger partial charge is 0.111 e. The average Bonchev–Trinajstić information content (AvgIpc) is 2.70. The summed E-state index contributed by atoms with van der Waals surface area (Å²) in [5, 5.41) is 28.8. The fourth-order valence-electron chi connectivity index (χ4n) is 3.58. The normalized spacial score (nSPS) is 25.6. The van der Waals surface area contributed by atoms with Crippen LogP contribution in [0.15, 0.2) is 12.2 Å². The maximum atomic E-state index is 9.98. The van der Waals surface area contributed by atoms with Crippen molar-refractivity contribution < 1.29 is 24.8 Å². The second-order valence-electron chi connectivity index (χ2n) is 8.03. The van der Waals surface area contributed by atoms with Crippen LogP contribution in [0, 0.1) is 0 Å². The van der Waals surface area contributed by atoms with E-state index in [4.69, 9.17) is 14.6 Å². The lowest BCUT2D eigenvalue weighted by atomic mass is 10.0. The molecule has 1 aliphatic rings. The van der Waals surface area contributed by atoms with Gasteiger partial charge in [0.15, 0.2) is 0 Å². The SMILES string of the molecule is CCCCCCCCCCCC/C=C/CCCO[C@@H]1CO[C@@H](CO)[C@H](O)[C@H]1O. The predicted molar refractivity (Wildman–Crippen MR) is 113 cm³/mol. The summed E-state index contributed by atoms with van der Waals surface area (Å²) in [6, 6.07) is 0. The standard InChI is InChI=1S/C23H44O5/c1-2-3-4-5-6-7-8-9-10-11-12-13-14-15-16-17-27-21-19-28-20(18-24)22(25)23(21)26/h13-14,20-26H,2-12,15-19H2,1H3/b14-13+/t20-,21+,22-,23-/m0/s1. The Labute approximate surface area is 172 Å². The molecule has 1 fully saturated rings. The molecule has 28 heavy (non-hydrogen) atoms. The van der Waals surface area contributed by atoms with Gasteiger partial charge in [0.1, 0.15) is 24.4 Å². The lowest BCUT2D eigenvalue weighted by Gasteiger charge is -2.36. The highest BCUT2D eigenvalue weighted by molar-refractivity contribution is 4.87. The molecule has 1 saturated heterocycles. The predicted octanol–water partition coefficient (Wildman–Crippen LogP) is 4.13. The molecule has 0 bridgehead atoms. The van der Waals surface area contributed by atoms with Crippen molar-refractivity contribution >= 4 is 0 Å². The quantitative estimate of drug-likeness (QED) is 0.253. The van der Waals surface area contributed by atoms with Crippen LogP contribution in [-0.4, -0.2) is 59.6 Å². The fourth-order valence-corrected chi connectivity index (χ4v) is 3.58. The molecular formula is C23H44O5. The number of rotatable bonds is 17. The molecule has 4 atom stereocenters. The van der Waals surface area contributed by atoms with Crippen LogP contribution in [0.1, 0.15) is 90.4 Å². The number of unbranched alkanes of at least 4 members (excludes halogenated alkanes) is 11. The van der Waals surface area contributed by atoms with Crippen molar-refractivity contribution in [1.82, 2.24) is 0 Å². The summed E-state index contributed by atoms with van der Waals surface area (Å²) in [5.41, 5.74) is 0. The summed E-state index contributed by atoms with van der Waals surface area (Å²) in [4.78, 5) is 0. The van der Waals surface area contributed by atoms with E-state index in [0.717, 1.165) is 19.3 Å². The van der Waals surface area contributed by atoms with E-state index in [0.29, 0.717) is 6.61 Å². The number of ether oxygens (including phenoxy) is 2. The largest absolute Gasteiger partial charge is 0.394 e. The van der Waals surface area contributed by atoms with E-state index in [1.165, 1.54) is 64.2 Å². The molecular weight excluding hydrogens is 356 g/mol. The molecule has 0 aromatic rings. The van der Waals surface area contributed by atoms with Crippen LogP contribution in [0.2, 0.25) is 0 Å². The Bertz CT molecular complexity index is 374. The van der Waals surface area contributed by atoms with E-state index in [1.54, 1.807) is 0 Å². The lowest BCUT2D eigenvalue weighted by Crippen LogP contribution is -2.55. The van der Waals surface area contributed by atoms with Gasteiger partial charge in [-0.05, 0) is 25.7 Å². The van der Waals surface area contributed by atoms with Crippen LogP contribution in [0.25, 0.3) is 0 Å². The maximum absolute atomic E-state index is 9.98. The van der Waals surface area contributed by atoms with Crippen LogP contribution in [0.5, 0.6) is 0 Å². The van der Waals surface area contributed by atoms with Crippen molar-refractivity contribution in [3.63, 3.8) is 0 Å². The number of aliphatic hydroxyl groups is 3. The van der Waals surface area contributed by atoms with Gasteiger partial charge in [-0.15, -0.1) is 0 Å². The second-order valence-corrected chi connectivity index (χ2v) is 8.03. The van der Waals surface area contributed by atoms with Crippen LogP contribution >= 0.6 is 0 Å². The molecule has 0 unspecified atom stereocenters. The van der Waals surface area contributed by atoms with Gasteiger partial charge in [-0.3, -0.25) is 0 Å². The van der Waals surface area contributed by atoms with Crippen LogP contribution in [0.4, 0.5) is 0 Å². The Balaban J connectivity index is 1.87.